The fourth-order valence-corrected chi connectivity index (χ4v) is 7.33. The second-order valence-corrected chi connectivity index (χ2v) is 17.2. The van der Waals surface area contributed by atoms with Crippen molar-refractivity contribution in [2.75, 3.05) is 19.0 Å². The van der Waals surface area contributed by atoms with Crippen LogP contribution in [0.25, 0.3) is 0 Å². The Hall–Kier alpha value is -2.13. The summed E-state index contributed by atoms with van der Waals surface area (Å²) in [5, 5.41) is 30.9. The molecule has 338 valence electrons. The first-order valence-electron chi connectivity index (χ1n) is 22.5. The predicted molar refractivity (Wildman–Crippen MR) is 229 cm³/mol. The standard InChI is InChI=1S/C45H80O12S/c1-3-5-7-9-11-13-15-17-19-21-23-25-27-29-31-33-40(46)54-35-38(36-55-45-44(50)43(49)42(48)39(57-45)37-58(51,52)53)56-41(47)34-32-30-28-26-24-22-20-18-16-14-12-10-8-6-4-2/h12-15,18,20,38-39,42-45,48-50H,3-11,16-17,19,21-37H2,1-2H3,(H,51,52,53)/b14-12+,15-13+,20-18+/t38-,39-,42-,43?,44?,45+/m1/s1. The van der Waals surface area contributed by atoms with Crippen LogP contribution in [0.5, 0.6) is 0 Å². The topological polar surface area (TPSA) is 186 Å². The van der Waals surface area contributed by atoms with Crippen molar-refractivity contribution in [2.45, 2.75) is 218 Å². The van der Waals surface area contributed by atoms with Crippen LogP contribution in [0.4, 0.5) is 0 Å². The molecule has 1 heterocycles. The first-order valence-corrected chi connectivity index (χ1v) is 24.2. The summed E-state index contributed by atoms with van der Waals surface area (Å²) < 4.78 is 54.0. The molecule has 0 aliphatic carbocycles. The van der Waals surface area contributed by atoms with Gasteiger partial charge in [0, 0.05) is 12.8 Å². The van der Waals surface area contributed by atoms with Gasteiger partial charge in [-0.25, -0.2) is 0 Å². The molecule has 0 saturated carbocycles. The summed E-state index contributed by atoms with van der Waals surface area (Å²) in [6.07, 6.45) is 30.4. The highest BCUT2D eigenvalue weighted by Crippen LogP contribution is 2.24. The van der Waals surface area contributed by atoms with Gasteiger partial charge in [-0.1, -0.05) is 134 Å². The van der Waals surface area contributed by atoms with Gasteiger partial charge >= 0.3 is 11.9 Å². The average Bonchev–Trinajstić information content (AvgIpc) is 3.18. The third kappa shape index (κ3) is 30.0. The van der Waals surface area contributed by atoms with Crippen molar-refractivity contribution in [3.05, 3.63) is 36.5 Å². The predicted octanol–water partition coefficient (Wildman–Crippen LogP) is 9.00. The van der Waals surface area contributed by atoms with Crippen molar-refractivity contribution in [3.63, 3.8) is 0 Å². The van der Waals surface area contributed by atoms with Gasteiger partial charge < -0.3 is 34.3 Å². The summed E-state index contributed by atoms with van der Waals surface area (Å²) in [7, 11) is -4.60. The minimum atomic E-state index is -4.60. The van der Waals surface area contributed by atoms with Crippen molar-refractivity contribution >= 4 is 22.1 Å². The van der Waals surface area contributed by atoms with Crippen LogP contribution in [0.15, 0.2) is 36.5 Å². The molecule has 0 bridgehead atoms. The number of unbranched alkanes of at least 4 members (excludes halogenated alkanes) is 19. The first kappa shape index (κ1) is 53.9. The average molecular weight is 845 g/mol. The molecule has 0 aromatic rings. The fourth-order valence-electron chi connectivity index (χ4n) is 6.64. The largest absolute Gasteiger partial charge is 0.462 e. The molecule has 13 heteroatoms. The summed E-state index contributed by atoms with van der Waals surface area (Å²) in [5.41, 5.74) is 0. The second kappa shape index (κ2) is 35.6. The number of allylic oxidation sites excluding steroid dienone is 6. The summed E-state index contributed by atoms with van der Waals surface area (Å²) >= 11 is 0. The van der Waals surface area contributed by atoms with Crippen LogP contribution < -0.4 is 0 Å². The Kier molecular flexibility index (Phi) is 33.1. The third-order valence-electron chi connectivity index (χ3n) is 10.2. The van der Waals surface area contributed by atoms with Gasteiger partial charge in [-0.3, -0.25) is 14.1 Å². The maximum atomic E-state index is 12.8. The lowest BCUT2D eigenvalue weighted by Crippen LogP contribution is -2.60. The molecule has 6 atom stereocenters. The number of hydrogen-bond donors (Lipinski definition) is 4. The maximum absolute atomic E-state index is 12.8. The SMILES string of the molecule is CCCCC/C=C/C/C=C/CCCCCCCC(=O)O[C@H](COC(=O)CCCCCCCCC/C=C/CCCCCC)CO[C@H]1O[C@H](CS(=O)(=O)O)[C@@H](O)C(O)C1O. The minimum Gasteiger partial charge on any atom is -0.462 e. The van der Waals surface area contributed by atoms with E-state index in [4.69, 9.17) is 18.9 Å². The molecule has 1 rings (SSSR count). The van der Waals surface area contributed by atoms with Crippen molar-refractivity contribution in [3.8, 4) is 0 Å². The smallest absolute Gasteiger partial charge is 0.306 e. The zero-order valence-corrected chi connectivity index (χ0v) is 36.7. The molecule has 0 aromatic heterocycles. The zero-order valence-electron chi connectivity index (χ0n) is 35.9. The Bertz CT molecular complexity index is 1220. The lowest BCUT2D eigenvalue weighted by molar-refractivity contribution is -0.297. The molecule has 58 heavy (non-hydrogen) atoms. The van der Waals surface area contributed by atoms with Crippen LogP contribution in [-0.4, -0.2) is 96.0 Å². The Morgan fingerprint density at radius 3 is 1.57 bits per heavy atom. The van der Waals surface area contributed by atoms with Gasteiger partial charge in [-0.2, -0.15) is 8.42 Å². The van der Waals surface area contributed by atoms with E-state index in [1.807, 2.05) is 0 Å². The van der Waals surface area contributed by atoms with Gasteiger partial charge in [-0.15, -0.1) is 0 Å². The molecule has 1 aliphatic rings. The van der Waals surface area contributed by atoms with E-state index in [-0.39, 0.29) is 19.4 Å². The molecule has 0 radical (unpaired) electrons. The molecule has 0 aromatic carbocycles. The van der Waals surface area contributed by atoms with Crippen molar-refractivity contribution in [1.82, 2.24) is 0 Å². The molecule has 0 amide bonds. The first-order chi connectivity index (χ1) is 28.0. The van der Waals surface area contributed by atoms with E-state index in [0.29, 0.717) is 12.8 Å². The Morgan fingerprint density at radius 2 is 1.03 bits per heavy atom. The molecular weight excluding hydrogens is 765 g/mol. The van der Waals surface area contributed by atoms with Crippen molar-refractivity contribution < 1.29 is 56.8 Å². The summed E-state index contributed by atoms with van der Waals surface area (Å²) in [6.45, 7) is 3.70. The number of esters is 2. The van der Waals surface area contributed by atoms with Crippen LogP contribution >= 0.6 is 0 Å². The third-order valence-corrected chi connectivity index (χ3v) is 10.9. The lowest BCUT2D eigenvalue weighted by Gasteiger charge is -2.40. The molecule has 1 aliphatic heterocycles. The van der Waals surface area contributed by atoms with E-state index < -0.39 is 71.2 Å². The molecule has 2 unspecified atom stereocenters. The molecular formula is C45H80O12S. The summed E-state index contributed by atoms with van der Waals surface area (Å²) in [4.78, 5) is 25.4. The number of hydrogen-bond acceptors (Lipinski definition) is 11. The number of ether oxygens (including phenoxy) is 4. The monoisotopic (exact) mass is 845 g/mol. The number of rotatable bonds is 37. The van der Waals surface area contributed by atoms with Crippen molar-refractivity contribution in [1.29, 1.82) is 0 Å². The van der Waals surface area contributed by atoms with E-state index in [1.54, 1.807) is 0 Å². The quantitative estimate of drug-likeness (QED) is 0.0202. The second-order valence-electron chi connectivity index (χ2n) is 15.7. The van der Waals surface area contributed by atoms with E-state index >= 15 is 0 Å². The Balaban J connectivity index is 2.47. The van der Waals surface area contributed by atoms with Gasteiger partial charge in [0.25, 0.3) is 10.1 Å². The normalized spacial score (nSPS) is 20.7. The molecule has 4 N–H and O–H groups in total. The van der Waals surface area contributed by atoms with Crippen LogP contribution in [0, 0.1) is 0 Å². The number of carbonyl (C=O) groups is 2. The van der Waals surface area contributed by atoms with Crippen LogP contribution in [-0.2, 0) is 38.7 Å². The highest BCUT2D eigenvalue weighted by molar-refractivity contribution is 7.85. The van der Waals surface area contributed by atoms with E-state index in [2.05, 4.69) is 50.3 Å². The molecule has 1 fully saturated rings. The number of carbonyl (C=O) groups excluding carboxylic acids is 2. The van der Waals surface area contributed by atoms with Gasteiger partial charge in [0.2, 0.25) is 0 Å². The Morgan fingerprint density at radius 1 is 0.586 bits per heavy atom. The van der Waals surface area contributed by atoms with Gasteiger partial charge in [0.15, 0.2) is 12.4 Å². The van der Waals surface area contributed by atoms with Crippen LogP contribution in [0.1, 0.15) is 181 Å². The number of aliphatic hydroxyl groups is 3. The minimum absolute atomic E-state index is 0.147. The van der Waals surface area contributed by atoms with Gasteiger partial charge in [0.1, 0.15) is 36.8 Å². The Labute approximate surface area is 351 Å². The van der Waals surface area contributed by atoms with E-state index in [9.17, 15) is 37.9 Å². The van der Waals surface area contributed by atoms with Gasteiger partial charge in [0.05, 0.1) is 6.61 Å². The van der Waals surface area contributed by atoms with Crippen LogP contribution in [0.2, 0.25) is 0 Å². The van der Waals surface area contributed by atoms with Gasteiger partial charge in [-0.05, 0) is 70.6 Å². The molecule has 12 nitrogen and oxygen atoms in total. The summed E-state index contributed by atoms with van der Waals surface area (Å²) in [6, 6.07) is 0. The highest BCUT2D eigenvalue weighted by Gasteiger charge is 2.46. The maximum Gasteiger partial charge on any atom is 0.306 e. The molecule has 1 saturated heterocycles. The summed E-state index contributed by atoms with van der Waals surface area (Å²) in [5.74, 6) is -2.01. The zero-order chi connectivity index (χ0) is 42.7. The molecule has 0 spiro atoms. The number of aliphatic hydroxyl groups excluding tert-OH is 3. The van der Waals surface area contributed by atoms with E-state index in [0.717, 1.165) is 70.6 Å². The lowest BCUT2D eigenvalue weighted by atomic mass is 10.00. The van der Waals surface area contributed by atoms with Crippen molar-refractivity contribution in [2.24, 2.45) is 0 Å². The van der Waals surface area contributed by atoms with Crippen LogP contribution in [0.3, 0.4) is 0 Å². The fraction of sp³-hybridized carbons (Fsp3) is 0.822. The van der Waals surface area contributed by atoms with E-state index in [1.165, 1.54) is 70.6 Å². The highest BCUT2D eigenvalue weighted by atomic mass is 32.2.